The average molecular weight is 345 g/mol. The zero-order valence-corrected chi connectivity index (χ0v) is 13.0. The van der Waals surface area contributed by atoms with Gasteiger partial charge in [-0.05, 0) is 17.7 Å². The lowest BCUT2D eigenvalue weighted by molar-refractivity contribution is -0.265. The minimum Gasteiger partial charge on any atom is -0.530 e. The first kappa shape index (κ1) is 16.7. The van der Waals surface area contributed by atoms with Gasteiger partial charge in [0.15, 0.2) is 0 Å². The largest absolute Gasteiger partial charge is 0.530 e. The quantitative estimate of drug-likeness (QED) is 0.666. The van der Waals surface area contributed by atoms with Gasteiger partial charge in [-0.15, -0.1) is 0 Å². The fraction of sp³-hybridized carbons (Fsp3) is 0.462. The van der Waals surface area contributed by atoms with Crippen molar-refractivity contribution in [2.75, 3.05) is 26.2 Å². The van der Waals surface area contributed by atoms with E-state index >= 15 is 0 Å². The predicted octanol–water partition coefficient (Wildman–Crippen LogP) is 1.67. The fourth-order valence-electron chi connectivity index (χ4n) is 2.41. The van der Waals surface area contributed by atoms with Gasteiger partial charge in [-0.25, -0.2) is 0 Å². The number of rotatable bonds is 3. The number of ether oxygens (including phenoxy) is 1. The van der Waals surface area contributed by atoms with Gasteiger partial charge in [-0.3, -0.25) is 0 Å². The van der Waals surface area contributed by atoms with Crippen molar-refractivity contribution in [3.8, 4) is 0 Å². The average Bonchev–Trinajstić information content (AvgIpc) is 2.70. The number of nitrogens with one attached hydrogen (secondary N) is 1. The van der Waals surface area contributed by atoms with Gasteiger partial charge in [0, 0.05) is 19.0 Å². The molecule has 0 spiro atoms. The molecule has 1 amide bonds. The highest BCUT2D eigenvalue weighted by molar-refractivity contribution is 6.42. The van der Waals surface area contributed by atoms with Gasteiger partial charge in [0.2, 0.25) is 4.91 Å². The van der Waals surface area contributed by atoms with Crippen LogP contribution in [0.1, 0.15) is 11.5 Å². The molecular formula is C13H14Cl2N4O3. The van der Waals surface area contributed by atoms with Gasteiger partial charge in [0.1, 0.15) is 23.3 Å². The Morgan fingerprint density at radius 2 is 2.27 bits per heavy atom. The normalized spacial score (nSPS) is 21.8. The number of hydrogen-bond acceptors (Lipinski definition) is 5. The van der Waals surface area contributed by atoms with E-state index in [0.29, 0.717) is 10.0 Å². The Kier molecular flexibility index (Phi) is 5.74. The summed E-state index contributed by atoms with van der Waals surface area (Å²) in [4.78, 5) is 15.3. The maximum Gasteiger partial charge on any atom is 0.214 e. The second-order valence-electron chi connectivity index (χ2n) is 4.83. The summed E-state index contributed by atoms with van der Waals surface area (Å²) in [6, 6.07) is 5.10. The molecule has 1 aliphatic heterocycles. The van der Waals surface area contributed by atoms with Crippen molar-refractivity contribution < 1.29 is 14.6 Å². The van der Waals surface area contributed by atoms with Crippen molar-refractivity contribution in [1.82, 2.24) is 9.81 Å². The van der Waals surface area contributed by atoms with Gasteiger partial charge in [-0.2, -0.15) is 0 Å². The molecule has 1 aromatic carbocycles. The van der Waals surface area contributed by atoms with E-state index in [0.717, 1.165) is 5.56 Å². The Hall–Kier alpha value is -1.66. The Morgan fingerprint density at radius 1 is 1.50 bits per heavy atom. The highest BCUT2D eigenvalue weighted by Gasteiger charge is 2.31. The van der Waals surface area contributed by atoms with Gasteiger partial charge in [0.05, 0.1) is 22.8 Å². The van der Waals surface area contributed by atoms with Gasteiger partial charge >= 0.3 is 0 Å². The number of benzene rings is 1. The van der Waals surface area contributed by atoms with Crippen LogP contribution in [0, 0.1) is 5.53 Å². The molecule has 2 rings (SSSR count). The van der Waals surface area contributed by atoms with E-state index in [4.69, 9.17) is 33.5 Å². The highest BCUT2D eigenvalue weighted by Crippen LogP contribution is 2.31. The molecular weight excluding hydrogens is 331 g/mol. The maximum absolute atomic E-state index is 11.2. The van der Waals surface area contributed by atoms with Gasteiger partial charge in [-0.1, -0.05) is 29.3 Å². The van der Waals surface area contributed by atoms with Crippen LogP contribution in [-0.2, 0) is 4.74 Å². The van der Waals surface area contributed by atoms with Crippen molar-refractivity contribution in [2.45, 2.75) is 12.0 Å². The summed E-state index contributed by atoms with van der Waals surface area (Å²) < 4.78 is 5.68. The first-order valence-corrected chi connectivity index (χ1v) is 7.34. The molecule has 1 heterocycles. The second kappa shape index (κ2) is 7.56. The summed E-state index contributed by atoms with van der Waals surface area (Å²) >= 11 is 12.0. The lowest BCUT2D eigenvalue weighted by Gasteiger charge is -2.28. The molecule has 0 unspecified atom stereocenters. The van der Waals surface area contributed by atoms with Crippen LogP contribution >= 0.6 is 23.2 Å². The lowest BCUT2D eigenvalue weighted by Crippen LogP contribution is -2.44. The Bertz CT molecular complexity index is 607. The molecule has 0 aliphatic carbocycles. The second-order valence-corrected chi connectivity index (χ2v) is 5.64. The molecule has 1 N–H and O–H groups in total. The predicted molar refractivity (Wildman–Crippen MR) is 78.1 cm³/mol. The summed E-state index contributed by atoms with van der Waals surface area (Å²) in [5.74, 6) is -0.305. The monoisotopic (exact) mass is 344 g/mol. The highest BCUT2D eigenvalue weighted by atomic mass is 35.5. The zero-order valence-electron chi connectivity index (χ0n) is 11.5. The third-order valence-corrected chi connectivity index (χ3v) is 4.26. The van der Waals surface area contributed by atoms with Crippen LogP contribution in [0.15, 0.2) is 23.3 Å². The maximum atomic E-state index is 11.2. The molecule has 1 aliphatic rings. The Balaban J connectivity index is 2.34. The standard InChI is InChI=1S/C13H14Cl2N4O3/c14-10-2-1-8(5-11(10)15)9-7-19(13(20)21)3-4-22-12(9)6-17-18-16/h1-2,5,9,12,16H,3-4,6-7H2/t9-,12+/m0/s1. The third-order valence-electron chi connectivity index (χ3n) is 3.52. The first-order chi connectivity index (χ1) is 10.5. The van der Waals surface area contributed by atoms with E-state index in [2.05, 4.69) is 10.0 Å². The van der Waals surface area contributed by atoms with Crippen LogP contribution in [0.25, 0.3) is 0 Å². The molecule has 2 atom stereocenters. The molecule has 1 aromatic rings. The molecule has 1 fully saturated rings. The van der Waals surface area contributed by atoms with Crippen molar-refractivity contribution in [1.29, 1.82) is 5.53 Å². The third kappa shape index (κ3) is 3.96. The lowest BCUT2D eigenvalue weighted by atomic mass is 9.93. The summed E-state index contributed by atoms with van der Waals surface area (Å²) in [7, 11) is 0. The number of hydrogen-bond donors (Lipinski definition) is 1. The molecule has 22 heavy (non-hydrogen) atoms. The molecule has 9 heteroatoms. The Morgan fingerprint density at radius 3 is 2.91 bits per heavy atom. The number of carbonyl (C=O) groups is 1. The topological polar surface area (TPSA) is 103 Å². The summed E-state index contributed by atoms with van der Waals surface area (Å²) in [6.07, 6.45) is -1.66. The van der Waals surface area contributed by atoms with Crippen molar-refractivity contribution in [2.24, 2.45) is 5.11 Å². The minimum atomic E-state index is -1.25. The van der Waals surface area contributed by atoms with Crippen LogP contribution in [0.5, 0.6) is 0 Å². The number of halogens is 2. The van der Waals surface area contributed by atoms with E-state index in [-0.39, 0.29) is 32.2 Å². The summed E-state index contributed by atoms with van der Waals surface area (Å²) in [5.41, 5.74) is 7.55. The summed E-state index contributed by atoms with van der Waals surface area (Å²) in [6.45, 7) is 0.798. The van der Waals surface area contributed by atoms with E-state index in [1.165, 1.54) is 4.90 Å². The van der Waals surface area contributed by atoms with E-state index in [9.17, 15) is 9.90 Å². The SMILES string of the molecule is N=[N+]=NC[C@H]1OCCN(C(=O)[O-])C[C@H]1c1ccc(Cl)c(Cl)c1. The molecule has 0 saturated carbocycles. The smallest absolute Gasteiger partial charge is 0.214 e. The van der Waals surface area contributed by atoms with E-state index in [1.807, 2.05) is 0 Å². The Labute approximate surface area is 137 Å². The van der Waals surface area contributed by atoms with E-state index < -0.39 is 12.2 Å². The van der Waals surface area contributed by atoms with Crippen molar-refractivity contribution >= 4 is 29.3 Å². The summed E-state index contributed by atoms with van der Waals surface area (Å²) in [5, 5.41) is 15.6. The van der Waals surface area contributed by atoms with Crippen LogP contribution in [0.2, 0.25) is 10.0 Å². The molecule has 0 bridgehead atoms. The molecule has 118 valence electrons. The minimum absolute atomic E-state index is 0.162. The molecule has 0 radical (unpaired) electrons. The molecule has 7 nitrogen and oxygen atoms in total. The van der Waals surface area contributed by atoms with Crippen LogP contribution in [0.3, 0.4) is 0 Å². The first-order valence-electron chi connectivity index (χ1n) is 6.58. The molecule has 0 aromatic heterocycles. The molecule has 1 saturated heterocycles. The fourth-order valence-corrected chi connectivity index (χ4v) is 2.71. The number of amides is 1. The van der Waals surface area contributed by atoms with Crippen LogP contribution < -0.4 is 10.0 Å². The van der Waals surface area contributed by atoms with E-state index in [1.54, 1.807) is 18.2 Å². The van der Waals surface area contributed by atoms with Crippen LogP contribution in [0.4, 0.5) is 4.79 Å². The van der Waals surface area contributed by atoms with Crippen molar-refractivity contribution in [3.05, 3.63) is 33.8 Å². The van der Waals surface area contributed by atoms with Gasteiger partial charge < -0.3 is 19.5 Å². The number of carboxylic acid groups (broad SMARTS) is 1. The zero-order chi connectivity index (χ0) is 16.1. The van der Waals surface area contributed by atoms with Gasteiger partial charge in [0.25, 0.3) is 0 Å². The number of nitrogens with zero attached hydrogens (tertiary/aromatic N) is 3. The number of carbonyl (C=O) groups excluding carboxylic acids is 1. The van der Waals surface area contributed by atoms with Crippen molar-refractivity contribution in [3.63, 3.8) is 0 Å². The van der Waals surface area contributed by atoms with Crippen LogP contribution in [-0.4, -0.2) is 43.3 Å².